The molecule has 0 spiro atoms. The number of para-hydroxylation sites is 1. The minimum absolute atomic E-state index is 0.0664. The molecule has 0 heterocycles. The molecule has 2 rings (SSSR count). The number of hydrogen-bond acceptors (Lipinski definition) is 2. The van der Waals surface area contributed by atoms with E-state index in [1.165, 1.54) is 32.1 Å². The molecule has 0 unspecified atom stereocenters. The molecular formula is C15H20Cl2N2O. The number of carbonyl (C=O) groups excluding carboxylic acids is 1. The molecule has 1 amide bonds. The van der Waals surface area contributed by atoms with Gasteiger partial charge in [-0.25, -0.2) is 0 Å². The summed E-state index contributed by atoms with van der Waals surface area (Å²) in [6, 6.07) is 5.75. The second-order valence-corrected chi connectivity index (χ2v) is 6.00. The highest BCUT2D eigenvalue weighted by molar-refractivity contribution is 6.39. The van der Waals surface area contributed by atoms with Crippen LogP contribution in [0, 0.1) is 0 Å². The van der Waals surface area contributed by atoms with Crippen molar-refractivity contribution in [2.75, 3.05) is 11.9 Å². The summed E-state index contributed by atoms with van der Waals surface area (Å²) >= 11 is 12.0. The molecule has 1 aliphatic carbocycles. The largest absolute Gasteiger partial charge is 0.324 e. The quantitative estimate of drug-likeness (QED) is 0.853. The van der Waals surface area contributed by atoms with Crippen LogP contribution in [0.4, 0.5) is 5.69 Å². The molecule has 0 aliphatic heterocycles. The van der Waals surface area contributed by atoms with Crippen LogP contribution in [-0.4, -0.2) is 18.5 Å². The number of nitrogens with one attached hydrogen (secondary N) is 2. The molecule has 1 aliphatic rings. The predicted octanol–water partition coefficient (Wildman–Crippen LogP) is 4.24. The zero-order valence-electron chi connectivity index (χ0n) is 11.4. The second kappa shape index (κ2) is 7.87. The van der Waals surface area contributed by atoms with Crippen LogP contribution in [-0.2, 0) is 4.79 Å². The van der Waals surface area contributed by atoms with Gasteiger partial charge in [-0.2, -0.15) is 0 Å². The van der Waals surface area contributed by atoms with Crippen molar-refractivity contribution < 1.29 is 4.79 Å². The molecule has 5 heteroatoms. The normalized spacial score (nSPS) is 16.1. The predicted molar refractivity (Wildman–Crippen MR) is 84.6 cm³/mol. The number of halogens is 2. The Labute approximate surface area is 130 Å². The van der Waals surface area contributed by atoms with Crippen LogP contribution in [0.5, 0.6) is 0 Å². The maximum Gasteiger partial charge on any atom is 0.225 e. The van der Waals surface area contributed by atoms with E-state index in [0.717, 1.165) is 0 Å². The van der Waals surface area contributed by atoms with Gasteiger partial charge in [0.1, 0.15) is 0 Å². The van der Waals surface area contributed by atoms with Crippen molar-refractivity contribution in [1.29, 1.82) is 0 Å². The molecule has 1 fully saturated rings. The highest BCUT2D eigenvalue weighted by atomic mass is 35.5. The first-order valence-corrected chi connectivity index (χ1v) is 7.89. The summed E-state index contributed by atoms with van der Waals surface area (Å²) in [7, 11) is 0. The van der Waals surface area contributed by atoms with E-state index in [2.05, 4.69) is 10.6 Å². The van der Waals surface area contributed by atoms with Gasteiger partial charge in [0.25, 0.3) is 0 Å². The fourth-order valence-corrected chi connectivity index (χ4v) is 3.01. The van der Waals surface area contributed by atoms with E-state index in [1.54, 1.807) is 18.2 Å². The lowest BCUT2D eigenvalue weighted by Gasteiger charge is -2.22. The summed E-state index contributed by atoms with van der Waals surface area (Å²) in [5.74, 6) is -0.0664. The van der Waals surface area contributed by atoms with Crippen LogP contribution >= 0.6 is 23.2 Å². The Morgan fingerprint density at radius 1 is 1.15 bits per heavy atom. The molecule has 0 atom stereocenters. The van der Waals surface area contributed by atoms with Crippen LogP contribution in [0.15, 0.2) is 18.2 Å². The molecule has 1 aromatic rings. The number of carbonyl (C=O) groups is 1. The molecule has 2 N–H and O–H groups in total. The Hall–Kier alpha value is -0.770. The van der Waals surface area contributed by atoms with Crippen molar-refractivity contribution in [2.24, 2.45) is 0 Å². The smallest absolute Gasteiger partial charge is 0.225 e. The lowest BCUT2D eigenvalue weighted by molar-refractivity contribution is -0.116. The third-order valence-corrected chi connectivity index (χ3v) is 4.25. The fraction of sp³-hybridized carbons (Fsp3) is 0.533. The second-order valence-electron chi connectivity index (χ2n) is 5.18. The van der Waals surface area contributed by atoms with Gasteiger partial charge in [0, 0.05) is 19.0 Å². The molecule has 1 saturated carbocycles. The molecule has 0 radical (unpaired) electrons. The van der Waals surface area contributed by atoms with E-state index >= 15 is 0 Å². The van der Waals surface area contributed by atoms with E-state index in [0.29, 0.717) is 34.7 Å². The van der Waals surface area contributed by atoms with Gasteiger partial charge in [0.2, 0.25) is 5.91 Å². The number of rotatable bonds is 5. The average Bonchev–Trinajstić information content (AvgIpc) is 2.44. The van der Waals surface area contributed by atoms with Gasteiger partial charge in [0.15, 0.2) is 0 Å². The van der Waals surface area contributed by atoms with Crippen molar-refractivity contribution in [3.05, 3.63) is 28.2 Å². The van der Waals surface area contributed by atoms with Gasteiger partial charge in [-0.1, -0.05) is 48.5 Å². The third-order valence-electron chi connectivity index (χ3n) is 3.62. The minimum Gasteiger partial charge on any atom is -0.324 e. The van der Waals surface area contributed by atoms with E-state index < -0.39 is 0 Å². The number of anilines is 1. The fourth-order valence-electron chi connectivity index (χ4n) is 2.52. The van der Waals surface area contributed by atoms with Gasteiger partial charge >= 0.3 is 0 Å². The minimum atomic E-state index is -0.0664. The Kier molecular flexibility index (Phi) is 6.14. The first-order valence-electron chi connectivity index (χ1n) is 7.14. The van der Waals surface area contributed by atoms with Gasteiger partial charge in [-0.15, -0.1) is 0 Å². The summed E-state index contributed by atoms with van der Waals surface area (Å²) in [5.41, 5.74) is 0.499. The van der Waals surface area contributed by atoms with Crippen molar-refractivity contribution in [3.8, 4) is 0 Å². The highest BCUT2D eigenvalue weighted by Crippen LogP contribution is 2.29. The molecule has 0 saturated heterocycles. The molecule has 1 aromatic carbocycles. The van der Waals surface area contributed by atoms with E-state index in [4.69, 9.17) is 23.2 Å². The zero-order valence-corrected chi connectivity index (χ0v) is 12.9. The van der Waals surface area contributed by atoms with Crippen LogP contribution in [0.2, 0.25) is 10.0 Å². The van der Waals surface area contributed by atoms with E-state index in [-0.39, 0.29) is 5.91 Å². The van der Waals surface area contributed by atoms with Crippen molar-refractivity contribution >= 4 is 34.8 Å². The lowest BCUT2D eigenvalue weighted by Crippen LogP contribution is -2.33. The first-order chi connectivity index (χ1) is 9.66. The number of benzene rings is 1. The van der Waals surface area contributed by atoms with Gasteiger partial charge in [0.05, 0.1) is 15.7 Å². The van der Waals surface area contributed by atoms with Gasteiger partial charge in [-0.05, 0) is 25.0 Å². The molecule has 0 aromatic heterocycles. The van der Waals surface area contributed by atoms with Gasteiger partial charge < -0.3 is 10.6 Å². The average molecular weight is 315 g/mol. The van der Waals surface area contributed by atoms with Crippen LogP contribution in [0.3, 0.4) is 0 Å². The summed E-state index contributed by atoms with van der Waals surface area (Å²) in [6.07, 6.45) is 6.79. The van der Waals surface area contributed by atoms with E-state index in [1.807, 2.05) is 0 Å². The summed E-state index contributed by atoms with van der Waals surface area (Å²) in [6.45, 7) is 0.693. The lowest BCUT2D eigenvalue weighted by atomic mass is 9.95. The van der Waals surface area contributed by atoms with Crippen LogP contribution in [0.25, 0.3) is 0 Å². The zero-order chi connectivity index (χ0) is 14.4. The summed E-state index contributed by atoms with van der Waals surface area (Å²) in [4.78, 5) is 11.9. The third kappa shape index (κ3) is 4.65. The molecule has 3 nitrogen and oxygen atoms in total. The Balaban J connectivity index is 1.75. The van der Waals surface area contributed by atoms with Gasteiger partial charge in [-0.3, -0.25) is 4.79 Å². The standard InChI is InChI=1S/C15H20Cl2N2O/c16-12-7-4-8-13(17)15(12)19-14(20)9-10-18-11-5-2-1-3-6-11/h4,7-8,11,18H,1-3,5-6,9-10H2,(H,19,20). The van der Waals surface area contributed by atoms with Crippen LogP contribution < -0.4 is 10.6 Å². The van der Waals surface area contributed by atoms with E-state index in [9.17, 15) is 4.79 Å². The maximum absolute atomic E-state index is 11.9. The summed E-state index contributed by atoms with van der Waals surface area (Å²) < 4.78 is 0. The molecule has 20 heavy (non-hydrogen) atoms. The van der Waals surface area contributed by atoms with Crippen molar-refractivity contribution in [2.45, 2.75) is 44.6 Å². The topological polar surface area (TPSA) is 41.1 Å². The monoisotopic (exact) mass is 314 g/mol. The first kappa shape index (κ1) is 15.6. The molecular weight excluding hydrogens is 295 g/mol. The van der Waals surface area contributed by atoms with Crippen molar-refractivity contribution in [3.63, 3.8) is 0 Å². The Morgan fingerprint density at radius 2 is 1.80 bits per heavy atom. The SMILES string of the molecule is O=C(CCNC1CCCCC1)Nc1c(Cl)cccc1Cl. The Bertz CT molecular complexity index is 439. The Morgan fingerprint density at radius 3 is 2.45 bits per heavy atom. The highest BCUT2D eigenvalue weighted by Gasteiger charge is 2.13. The molecule has 0 bridgehead atoms. The summed E-state index contributed by atoms with van der Waals surface area (Å²) in [5, 5.41) is 7.14. The molecule has 110 valence electrons. The van der Waals surface area contributed by atoms with Crippen LogP contribution in [0.1, 0.15) is 38.5 Å². The maximum atomic E-state index is 11.9. The number of hydrogen-bond donors (Lipinski definition) is 2. The number of amides is 1. The van der Waals surface area contributed by atoms with Crippen molar-refractivity contribution in [1.82, 2.24) is 5.32 Å².